The molecule has 0 spiro atoms. The Morgan fingerprint density at radius 1 is 0.909 bits per heavy atom. The van der Waals surface area contributed by atoms with Crippen molar-refractivity contribution in [3.63, 3.8) is 0 Å². The summed E-state index contributed by atoms with van der Waals surface area (Å²) in [5.74, 6) is -0.497. The molecule has 2 N–H and O–H groups in total. The first-order valence-corrected chi connectivity index (χ1v) is 11.1. The normalized spacial score (nSPS) is 11.8. The SMILES string of the molecule is CCn1c2ccccc2c2cc(NC(=O)CC(C)CC(=O)Nc3ccccc3C#N)ccc21. The Morgan fingerprint density at radius 3 is 2.33 bits per heavy atom. The van der Waals surface area contributed by atoms with Gasteiger partial charge in [-0.3, -0.25) is 9.59 Å². The third-order valence-electron chi connectivity index (χ3n) is 5.76. The lowest BCUT2D eigenvalue weighted by atomic mass is 10.0. The van der Waals surface area contributed by atoms with Gasteiger partial charge in [0.25, 0.3) is 0 Å². The summed E-state index contributed by atoms with van der Waals surface area (Å²) < 4.78 is 2.27. The molecular weight excluding hydrogens is 412 g/mol. The van der Waals surface area contributed by atoms with Crippen LogP contribution in [0.15, 0.2) is 66.7 Å². The van der Waals surface area contributed by atoms with Crippen LogP contribution in [0.5, 0.6) is 0 Å². The van der Waals surface area contributed by atoms with E-state index in [9.17, 15) is 9.59 Å². The topological polar surface area (TPSA) is 86.9 Å². The molecule has 1 aromatic heterocycles. The van der Waals surface area contributed by atoms with E-state index in [1.807, 2.05) is 37.3 Å². The molecule has 3 aromatic carbocycles. The summed E-state index contributed by atoms with van der Waals surface area (Å²) in [6.07, 6.45) is 0.415. The number of carbonyl (C=O) groups excluding carboxylic acids is 2. The molecule has 1 heterocycles. The minimum absolute atomic E-state index is 0.133. The number of carbonyl (C=O) groups is 2. The summed E-state index contributed by atoms with van der Waals surface area (Å²) in [4.78, 5) is 25.0. The third-order valence-corrected chi connectivity index (χ3v) is 5.76. The Hall–Kier alpha value is -4.11. The maximum absolute atomic E-state index is 12.6. The van der Waals surface area contributed by atoms with E-state index in [2.05, 4.69) is 40.3 Å². The molecule has 1 atom stereocenters. The Morgan fingerprint density at radius 2 is 1.58 bits per heavy atom. The van der Waals surface area contributed by atoms with E-state index in [1.54, 1.807) is 24.3 Å². The minimum atomic E-state index is -0.216. The van der Waals surface area contributed by atoms with Crippen LogP contribution in [0.4, 0.5) is 11.4 Å². The second-order valence-corrected chi connectivity index (χ2v) is 8.26. The van der Waals surface area contributed by atoms with E-state index in [0.717, 1.165) is 28.5 Å². The Balaban J connectivity index is 1.40. The summed E-state index contributed by atoms with van der Waals surface area (Å²) in [6, 6.07) is 23.2. The Labute approximate surface area is 192 Å². The molecule has 4 rings (SSSR count). The standard InChI is InChI=1S/C27H26N4O2/c1-3-31-24-11-7-5-9-21(24)22-16-20(12-13-25(22)31)29-26(32)14-18(2)15-27(33)30-23-10-6-4-8-19(23)17-28/h4-13,16,18H,3,14-15H2,1-2H3,(H,29,32)(H,30,33). The van der Waals surface area contributed by atoms with Gasteiger partial charge in [-0.15, -0.1) is 0 Å². The summed E-state index contributed by atoms with van der Waals surface area (Å²) in [5, 5.41) is 17.2. The molecule has 4 aromatic rings. The van der Waals surface area contributed by atoms with Crippen LogP contribution < -0.4 is 10.6 Å². The van der Waals surface area contributed by atoms with Crippen LogP contribution in [0.25, 0.3) is 21.8 Å². The van der Waals surface area contributed by atoms with Crippen LogP contribution in [0.3, 0.4) is 0 Å². The van der Waals surface area contributed by atoms with Gasteiger partial charge in [-0.25, -0.2) is 0 Å². The predicted octanol–water partition coefficient (Wildman–Crippen LogP) is 5.68. The fourth-order valence-corrected chi connectivity index (χ4v) is 4.28. The van der Waals surface area contributed by atoms with Crippen molar-refractivity contribution in [1.29, 1.82) is 5.26 Å². The van der Waals surface area contributed by atoms with E-state index < -0.39 is 0 Å². The van der Waals surface area contributed by atoms with Crippen molar-refractivity contribution in [2.45, 2.75) is 33.2 Å². The maximum atomic E-state index is 12.6. The number of rotatable bonds is 7. The third kappa shape index (κ3) is 4.73. The van der Waals surface area contributed by atoms with Gasteiger partial charge in [0.2, 0.25) is 11.8 Å². The molecule has 0 aliphatic carbocycles. The largest absolute Gasteiger partial charge is 0.341 e. The summed E-state index contributed by atoms with van der Waals surface area (Å²) in [6.45, 7) is 4.86. The molecular formula is C27H26N4O2. The molecule has 0 saturated carbocycles. The van der Waals surface area contributed by atoms with Crippen molar-refractivity contribution in [3.05, 3.63) is 72.3 Å². The smallest absolute Gasteiger partial charge is 0.224 e. The summed E-state index contributed by atoms with van der Waals surface area (Å²) in [7, 11) is 0. The maximum Gasteiger partial charge on any atom is 0.224 e. The second kappa shape index (κ2) is 9.58. The molecule has 0 radical (unpaired) electrons. The van der Waals surface area contributed by atoms with Crippen LogP contribution >= 0.6 is 0 Å². The highest BCUT2D eigenvalue weighted by Gasteiger charge is 2.16. The lowest BCUT2D eigenvalue weighted by Gasteiger charge is -2.13. The van der Waals surface area contributed by atoms with Gasteiger partial charge >= 0.3 is 0 Å². The van der Waals surface area contributed by atoms with E-state index >= 15 is 0 Å². The van der Waals surface area contributed by atoms with Gasteiger partial charge in [-0.05, 0) is 49.2 Å². The van der Waals surface area contributed by atoms with E-state index in [4.69, 9.17) is 5.26 Å². The number of aromatic nitrogens is 1. The minimum Gasteiger partial charge on any atom is -0.341 e. The quantitative estimate of drug-likeness (QED) is 0.389. The molecule has 0 saturated heterocycles. The van der Waals surface area contributed by atoms with Gasteiger partial charge in [0, 0.05) is 46.9 Å². The van der Waals surface area contributed by atoms with Crippen LogP contribution in [0.2, 0.25) is 0 Å². The molecule has 0 aliphatic heterocycles. The summed E-state index contributed by atoms with van der Waals surface area (Å²) in [5.41, 5.74) is 3.96. The Bertz CT molecular complexity index is 1380. The van der Waals surface area contributed by atoms with E-state index in [1.165, 1.54) is 5.52 Å². The first-order valence-electron chi connectivity index (χ1n) is 11.1. The molecule has 2 amide bonds. The fraction of sp³-hybridized carbons (Fsp3) is 0.222. The van der Waals surface area contributed by atoms with Crippen molar-refractivity contribution in [1.82, 2.24) is 4.57 Å². The fourth-order valence-electron chi connectivity index (χ4n) is 4.28. The van der Waals surface area contributed by atoms with Crippen molar-refractivity contribution in [2.75, 3.05) is 10.6 Å². The van der Waals surface area contributed by atoms with Crippen LogP contribution in [-0.2, 0) is 16.1 Å². The van der Waals surface area contributed by atoms with Gasteiger partial charge in [0.15, 0.2) is 0 Å². The van der Waals surface area contributed by atoms with Gasteiger partial charge < -0.3 is 15.2 Å². The molecule has 0 fully saturated rings. The van der Waals surface area contributed by atoms with Gasteiger partial charge in [0.05, 0.1) is 11.3 Å². The molecule has 6 nitrogen and oxygen atoms in total. The summed E-state index contributed by atoms with van der Waals surface area (Å²) >= 11 is 0. The number of nitriles is 1. The number of benzene rings is 3. The molecule has 166 valence electrons. The van der Waals surface area contributed by atoms with Crippen LogP contribution in [-0.4, -0.2) is 16.4 Å². The average Bonchev–Trinajstić information content (AvgIpc) is 3.12. The average molecular weight is 439 g/mol. The number of nitrogens with one attached hydrogen (secondary N) is 2. The number of hydrogen-bond donors (Lipinski definition) is 2. The molecule has 1 unspecified atom stereocenters. The number of nitrogens with zero attached hydrogens (tertiary/aromatic N) is 2. The molecule has 0 aliphatic rings. The van der Waals surface area contributed by atoms with Crippen molar-refractivity contribution < 1.29 is 9.59 Å². The Kier molecular flexibility index (Phi) is 6.41. The number of aryl methyl sites for hydroxylation is 1. The van der Waals surface area contributed by atoms with Gasteiger partial charge in [-0.1, -0.05) is 37.3 Å². The number of anilines is 2. The van der Waals surface area contributed by atoms with E-state index in [0.29, 0.717) is 11.3 Å². The van der Waals surface area contributed by atoms with E-state index in [-0.39, 0.29) is 30.6 Å². The molecule has 0 bridgehead atoms. The van der Waals surface area contributed by atoms with Crippen molar-refractivity contribution >= 4 is 45.0 Å². The van der Waals surface area contributed by atoms with Gasteiger partial charge in [-0.2, -0.15) is 5.26 Å². The first kappa shape index (κ1) is 22.1. The zero-order chi connectivity index (χ0) is 23.4. The van der Waals surface area contributed by atoms with Gasteiger partial charge in [0.1, 0.15) is 6.07 Å². The lowest BCUT2D eigenvalue weighted by molar-refractivity contribution is -0.118. The number of hydrogen-bond acceptors (Lipinski definition) is 3. The van der Waals surface area contributed by atoms with Crippen molar-refractivity contribution in [2.24, 2.45) is 5.92 Å². The number of para-hydroxylation sites is 2. The number of amides is 2. The molecule has 6 heteroatoms. The predicted molar refractivity (Wildman–Crippen MR) is 132 cm³/mol. The zero-order valence-electron chi connectivity index (χ0n) is 18.8. The molecule has 33 heavy (non-hydrogen) atoms. The van der Waals surface area contributed by atoms with Crippen molar-refractivity contribution in [3.8, 4) is 6.07 Å². The second-order valence-electron chi connectivity index (χ2n) is 8.26. The van der Waals surface area contributed by atoms with Crippen LogP contribution in [0, 0.1) is 17.2 Å². The number of fused-ring (bicyclic) bond motifs is 3. The highest BCUT2D eigenvalue weighted by atomic mass is 16.2. The first-order chi connectivity index (χ1) is 16.0. The highest BCUT2D eigenvalue weighted by Crippen LogP contribution is 2.31. The lowest BCUT2D eigenvalue weighted by Crippen LogP contribution is -2.20. The highest BCUT2D eigenvalue weighted by molar-refractivity contribution is 6.09. The van der Waals surface area contributed by atoms with Crippen LogP contribution in [0.1, 0.15) is 32.3 Å². The monoisotopic (exact) mass is 438 g/mol. The zero-order valence-corrected chi connectivity index (χ0v) is 18.8.